The van der Waals surface area contributed by atoms with Gasteiger partial charge in [0.2, 0.25) is 0 Å². The summed E-state index contributed by atoms with van der Waals surface area (Å²) in [6.07, 6.45) is 3.49. The SMILES string of the molecule is c1ccc(-c2ccc(-c3nccc4occc34)cc2)cc1. The number of hydrogen-bond donors (Lipinski definition) is 0. The number of benzene rings is 2. The van der Waals surface area contributed by atoms with E-state index in [2.05, 4.69) is 53.5 Å². The van der Waals surface area contributed by atoms with Crippen LogP contribution in [0.3, 0.4) is 0 Å². The Morgan fingerprint density at radius 3 is 2.19 bits per heavy atom. The van der Waals surface area contributed by atoms with E-state index in [1.54, 1.807) is 12.5 Å². The van der Waals surface area contributed by atoms with Gasteiger partial charge < -0.3 is 4.42 Å². The first-order chi connectivity index (χ1) is 10.4. The lowest BCUT2D eigenvalue weighted by molar-refractivity contribution is 0.615. The quantitative estimate of drug-likeness (QED) is 0.503. The Morgan fingerprint density at radius 2 is 1.38 bits per heavy atom. The van der Waals surface area contributed by atoms with Crippen molar-refractivity contribution in [1.82, 2.24) is 4.98 Å². The molecule has 0 amide bonds. The van der Waals surface area contributed by atoms with E-state index in [9.17, 15) is 0 Å². The van der Waals surface area contributed by atoms with Crippen LogP contribution in [-0.2, 0) is 0 Å². The van der Waals surface area contributed by atoms with Gasteiger partial charge in [0.25, 0.3) is 0 Å². The molecule has 2 aromatic heterocycles. The van der Waals surface area contributed by atoms with Crippen LogP contribution in [0.5, 0.6) is 0 Å². The number of fused-ring (bicyclic) bond motifs is 1. The third kappa shape index (κ3) is 2.11. The molecule has 0 aliphatic heterocycles. The molecule has 4 rings (SSSR count). The summed E-state index contributed by atoms with van der Waals surface area (Å²) in [4.78, 5) is 4.49. The van der Waals surface area contributed by atoms with Crippen LogP contribution >= 0.6 is 0 Å². The molecule has 0 saturated heterocycles. The summed E-state index contributed by atoms with van der Waals surface area (Å²) < 4.78 is 5.43. The number of furan rings is 1. The van der Waals surface area contributed by atoms with E-state index in [4.69, 9.17) is 4.42 Å². The van der Waals surface area contributed by atoms with Crippen LogP contribution in [0, 0.1) is 0 Å². The van der Waals surface area contributed by atoms with Gasteiger partial charge in [0.05, 0.1) is 12.0 Å². The normalized spacial score (nSPS) is 10.9. The van der Waals surface area contributed by atoms with Gasteiger partial charge in [-0.1, -0.05) is 54.6 Å². The summed E-state index contributed by atoms with van der Waals surface area (Å²) in [6.45, 7) is 0. The monoisotopic (exact) mass is 271 g/mol. The molecular formula is C19H13NO. The lowest BCUT2D eigenvalue weighted by Gasteiger charge is -2.05. The van der Waals surface area contributed by atoms with Gasteiger partial charge in [0.1, 0.15) is 5.58 Å². The first kappa shape index (κ1) is 11.9. The van der Waals surface area contributed by atoms with Crippen LogP contribution in [0.1, 0.15) is 0 Å². The fraction of sp³-hybridized carbons (Fsp3) is 0. The fourth-order valence-corrected chi connectivity index (χ4v) is 2.58. The second kappa shape index (κ2) is 4.91. The van der Waals surface area contributed by atoms with Gasteiger partial charge in [0, 0.05) is 17.1 Å². The van der Waals surface area contributed by atoms with Crippen molar-refractivity contribution in [3.63, 3.8) is 0 Å². The second-order valence-corrected chi connectivity index (χ2v) is 4.94. The van der Waals surface area contributed by atoms with Crippen molar-refractivity contribution < 1.29 is 4.42 Å². The Morgan fingerprint density at radius 1 is 0.667 bits per heavy atom. The average molecular weight is 271 g/mol. The second-order valence-electron chi connectivity index (χ2n) is 4.94. The Balaban J connectivity index is 1.79. The van der Waals surface area contributed by atoms with Crippen molar-refractivity contribution in [3.05, 3.63) is 79.2 Å². The molecule has 100 valence electrons. The third-order valence-corrected chi connectivity index (χ3v) is 3.65. The zero-order valence-electron chi connectivity index (χ0n) is 11.4. The van der Waals surface area contributed by atoms with Crippen molar-refractivity contribution in [1.29, 1.82) is 0 Å². The predicted molar refractivity (Wildman–Crippen MR) is 84.9 cm³/mol. The van der Waals surface area contributed by atoms with Crippen LogP contribution in [0.25, 0.3) is 33.4 Å². The molecule has 2 nitrogen and oxygen atoms in total. The van der Waals surface area contributed by atoms with Crippen LogP contribution in [0.2, 0.25) is 0 Å². The summed E-state index contributed by atoms with van der Waals surface area (Å²) >= 11 is 0. The summed E-state index contributed by atoms with van der Waals surface area (Å²) in [5, 5.41) is 1.05. The number of pyridine rings is 1. The molecule has 0 atom stereocenters. The molecule has 21 heavy (non-hydrogen) atoms. The summed E-state index contributed by atoms with van der Waals surface area (Å²) in [5.74, 6) is 0. The molecule has 0 aliphatic carbocycles. The number of nitrogens with zero attached hydrogens (tertiary/aromatic N) is 1. The summed E-state index contributed by atoms with van der Waals surface area (Å²) in [7, 11) is 0. The van der Waals surface area contributed by atoms with E-state index < -0.39 is 0 Å². The van der Waals surface area contributed by atoms with E-state index in [1.165, 1.54) is 11.1 Å². The van der Waals surface area contributed by atoms with Crippen LogP contribution < -0.4 is 0 Å². The summed E-state index contributed by atoms with van der Waals surface area (Å²) in [5.41, 5.74) is 5.35. The number of rotatable bonds is 2. The van der Waals surface area contributed by atoms with Gasteiger partial charge in [-0.05, 0) is 23.3 Å². The highest BCUT2D eigenvalue weighted by Crippen LogP contribution is 2.29. The van der Waals surface area contributed by atoms with E-state index in [-0.39, 0.29) is 0 Å². The maximum atomic E-state index is 5.43. The number of aromatic nitrogens is 1. The molecule has 0 fully saturated rings. The fourth-order valence-electron chi connectivity index (χ4n) is 2.58. The van der Waals surface area contributed by atoms with E-state index in [0.717, 1.165) is 22.2 Å². The molecule has 4 aromatic rings. The largest absolute Gasteiger partial charge is 0.464 e. The van der Waals surface area contributed by atoms with Crippen molar-refractivity contribution in [2.24, 2.45) is 0 Å². The Hall–Kier alpha value is -2.87. The highest BCUT2D eigenvalue weighted by Gasteiger charge is 2.07. The maximum Gasteiger partial charge on any atom is 0.137 e. The van der Waals surface area contributed by atoms with Crippen LogP contribution in [0.15, 0.2) is 83.6 Å². The first-order valence-corrected chi connectivity index (χ1v) is 6.90. The minimum absolute atomic E-state index is 0.868. The van der Waals surface area contributed by atoms with E-state index in [1.807, 2.05) is 18.2 Å². The van der Waals surface area contributed by atoms with Crippen LogP contribution in [-0.4, -0.2) is 4.98 Å². The van der Waals surface area contributed by atoms with Gasteiger partial charge in [-0.2, -0.15) is 0 Å². The Kier molecular flexibility index (Phi) is 2.79. The van der Waals surface area contributed by atoms with Gasteiger partial charge in [0.15, 0.2) is 0 Å². The smallest absolute Gasteiger partial charge is 0.137 e. The topological polar surface area (TPSA) is 26.0 Å². The van der Waals surface area contributed by atoms with Crippen molar-refractivity contribution in [3.8, 4) is 22.4 Å². The molecule has 0 N–H and O–H groups in total. The molecule has 2 heteroatoms. The molecule has 2 aromatic carbocycles. The van der Waals surface area contributed by atoms with Gasteiger partial charge in [-0.25, -0.2) is 0 Å². The molecule has 0 bridgehead atoms. The van der Waals surface area contributed by atoms with Gasteiger partial charge in [-0.3, -0.25) is 4.98 Å². The molecule has 0 spiro atoms. The molecular weight excluding hydrogens is 258 g/mol. The minimum Gasteiger partial charge on any atom is -0.464 e. The van der Waals surface area contributed by atoms with Gasteiger partial charge in [-0.15, -0.1) is 0 Å². The Bertz CT molecular complexity index is 876. The lowest BCUT2D eigenvalue weighted by Crippen LogP contribution is -1.84. The zero-order valence-corrected chi connectivity index (χ0v) is 11.4. The highest BCUT2D eigenvalue weighted by molar-refractivity contribution is 5.91. The maximum absolute atomic E-state index is 5.43. The number of hydrogen-bond acceptors (Lipinski definition) is 2. The van der Waals surface area contributed by atoms with Crippen molar-refractivity contribution >= 4 is 11.0 Å². The average Bonchev–Trinajstić information content (AvgIpc) is 3.04. The van der Waals surface area contributed by atoms with Crippen LogP contribution in [0.4, 0.5) is 0 Å². The molecule has 2 heterocycles. The highest BCUT2D eigenvalue weighted by atomic mass is 16.3. The first-order valence-electron chi connectivity index (χ1n) is 6.90. The molecule has 0 radical (unpaired) electrons. The molecule has 0 aliphatic rings. The summed E-state index contributed by atoms with van der Waals surface area (Å²) in [6, 6.07) is 22.7. The van der Waals surface area contributed by atoms with Crippen molar-refractivity contribution in [2.45, 2.75) is 0 Å². The van der Waals surface area contributed by atoms with Crippen molar-refractivity contribution in [2.75, 3.05) is 0 Å². The predicted octanol–water partition coefficient (Wildman–Crippen LogP) is 5.16. The van der Waals surface area contributed by atoms with E-state index in [0.29, 0.717) is 0 Å². The third-order valence-electron chi connectivity index (χ3n) is 3.65. The Labute approximate surface area is 122 Å². The molecule has 0 unspecified atom stereocenters. The molecule has 0 saturated carbocycles. The minimum atomic E-state index is 0.868. The lowest BCUT2D eigenvalue weighted by atomic mass is 10.0. The van der Waals surface area contributed by atoms with E-state index >= 15 is 0 Å². The van der Waals surface area contributed by atoms with Gasteiger partial charge >= 0.3 is 0 Å². The standard InChI is InChI=1S/C19H13NO/c1-2-4-14(5-3-1)15-6-8-16(9-7-15)19-17-11-13-21-18(17)10-12-20-19/h1-13H. The zero-order chi connectivity index (χ0) is 14.1.